The van der Waals surface area contributed by atoms with Crippen molar-refractivity contribution in [2.24, 2.45) is 5.73 Å². The van der Waals surface area contributed by atoms with Gasteiger partial charge in [0.05, 0.1) is 5.75 Å². The second-order valence-electron chi connectivity index (χ2n) is 2.70. The summed E-state index contributed by atoms with van der Waals surface area (Å²) in [5.74, 6) is 0.982. The fourth-order valence-corrected chi connectivity index (χ4v) is 2.04. The highest BCUT2D eigenvalue weighted by Gasteiger charge is 2.25. The van der Waals surface area contributed by atoms with Gasteiger partial charge in [-0.05, 0) is 11.8 Å². The van der Waals surface area contributed by atoms with Crippen molar-refractivity contribution in [1.82, 2.24) is 4.99 Å². The van der Waals surface area contributed by atoms with Gasteiger partial charge in [0.15, 0.2) is 6.04 Å². The van der Waals surface area contributed by atoms with Crippen molar-refractivity contribution in [3.63, 3.8) is 0 Å². The largest absolute Gasteiger partial charge is 0.345 e. The zero-order chi connectivity index (χ0) is 8.39. The van der Waals surface area contributed by atoms with Crippen LogP contribution in [0.2, 0.25) is 0 Å². The first-order valence-corrected chi connectivity index (χ1v) is 4.86. The summed E-state index contributed by atoms with van der Waals surface area (Å²) in [5, 5.41) is 0.712. The fraction of sp³-hybridized carbons (Fsp3) is 0.222. The predicted octanol–water partition coefficient (Wildman–Crippen LogP) is 1.12. The molecule has 1 unspecified atom stereocenters. The van der Waals surface area contributed by atoms with Gasteiger partial charge < -0.3 is 0 Å². The van der Waals surface area contributed by atoms with Crippen molar-refractivity contribution in [1.29, 1.82) is 0 Å². The number of hydrogen-bond acceptors (Lipinski definition) is 3. The van der Waals surface area contributed by atoms with Crippen LogP contribution in [0.3, 0.4) is 0 Å². The molecule has 1 atom stereocenters. The molecular formula is C9H10N2S+. The lowest BCUT2D eigenvalue weighted by molar-refractivity contribution is 0.773. The molecule has 1 aliphatic heterocycles. The van der Waals surface area contributed by atoms with Crippen LogP contribution >= 0.6 is 11.8 Å². The number of thioether (sulfide) groups is 1. The second kappa shape index (κ2) is 3.19. The first-order chi connectivity index (χ1) is 5.86. The molecule has 61 valence electrons. The molecule has 2 N–H and O–H groups in total. The third kappa shape index (κ3) is 1.46. The Morgan fingerprint density at radius 2 is 2.08 bits per heavy atom. The van der Waals surface area contributed by atoms with Crippen molar-refractivity contribution >= 4 is 16.9 Å². The Balaban J connectivity index is 2.22. The van der Waals surface area contributed by atoms with Gasteiger partial charge >= 0.3 is 5.17 Å². The van der Waals surface area contributed by atoms with Gasteiger partial charge in [-0.2, -0.15) is 0 Å². The predicted molar refractivity (Wildman–Crippen MR) is 53.0 cm³/mol. The summed E-state index contributed by atoms with van der Waals surface area (Å²) in [6.45, 7) is 0. The fourth-order valence-electron chi connectivity index (χ4n) is 1.24. The molecule has 0 spiro atoms. The molecule has 2 rings (SSSR count). The summed E-state index contributed by atoms with van der Waals surface area (Å²) in [5.41, 5.74) is 6.83. The molecule has 0 aromatic heterocycles. The van der Waals surface area contributed by atoms with Gasteiger partial charge in [-0.3, -0.25) is 5.73 Å². The van der Waals surface area contributed by atoms with Crippen molar-refractivity contribution in [3.8, 4) is 0 Å². The number of amidine groups is 1. The monoisotopic (exact) mass is 178 g/mol. The molecule has 2 nitrogen and oxygen atoms in total. The number of rotatable bonds is 1. The Hall–Kier alpha value is -0.960. The van der Waals surface area contributed by atoms with Gasteiger partial charge in [0.2, 0.25) is 0 Å². The standard InChI is InChI=1S/C9H10N2S/c10-9-11-8(6-12-9)7-4-2-1-3-5-7/h1-5,8H,6,10H2/q+1. The van der Waals surface area contributed by atoms with Crippen LogP contribution in [0, 0.1) is 0 Å². The van der Waals surface area contributed by atoms with Crippen molar-refractivity contribution in [2.75, 3.05) is 5.75 Å². The average molecular weight is 178 g/mol. The minimum atomic E-state index is 0.274. The third-order valence-electron chi connectivity index (χ3n) is 1.86. The molecule has 0 fully saturated rings. The van der Waals surface area contributed by atoms with Gasteiger partial charge in [0.25, 0.3) is 0 Å². The normalized spacial score (nSPS) is 22.3. The van der Waals surface area contributed by atoms with E-state index in [2.05, 4.69) is 17.1 Å². The Bertz CT molecular complexity index is 295. The molecule has 1 heterocycles. The molecule has 1 aromatic carbocycles. The zero-order valence-corrected chi connectivity index (χ0v) is 7.42. The Kier molecular flexibility index (Phi) is 2.04. The molecule has 12 heavy (non-hydrogen) atoms. The number of nitrogens with two attached hydrogens (primary N) is 1. The van der Waals surface area contributed by atoms with Crippen LogP contribution in [-0.4, -0.2) is 10.9 Å². The maximum absolute atomic E-state index is 5.58. The van der Waals surface area contributed by atoms with Crippen LogP contribution in [0.4, 0.5) is 0 Å². The minimum Gasteiger partial charge on any atom is -0.278 e. The molecular weight excluding hydrogens is 168 g/mol. The van der Waals surface area contributed by atoms with Crippen LogP contribution in [-0.2, 0) is 0 Å². The molecule has 1 aliphatic rings. The minimum absolute atomic E-state index is 0.274. The smallest absolute Gasteiger partial charge is 0.278 e. The van der Waals surface area contributed by atoms with Crippen molar-refractivity contribution in [3.05, 3.63) is 35.9 Å². The van der Waals surface area contributed by atoms with Gasteiger partial charge in [-0.1, -0.05) is 35.3 Å². The quantitative estimate of drug-likeness (QED) is 0.700. The molecule has 0 saturated carbocycles. The highest BCUT2D eigenvalue weighted by molar-refractivity contribution is 8.14. The van der Waals surface area contributed by atoms with E-state index in [1.165, 1.54) is 5.56 Å². The topological polar surface area (TPSA) is 40.1 Å². The van der Waals surface area contributed by atoms with Crippen LogP contribution in [0.1, 0.15) is 11.6 Å². The van der Waals surface area contributed by atoms with Crippen LogP contribution < -0.4 is 10.7 Å². The SMILES string of the molecule is NC1=[N+]C(c2ccccc2)CS1. The first kappa shape index (κ1) is 7.68. The van der Waals surface area contributed by atoms with Crippen LogP contribution in [0.15, 0.2) is 30.3 Å². The van der Waals surface area contributed by atoms with Gasteiger partial charge in [-0.15, -0.1) is 0 Å². The van der Waals surface area contributed by atoms with Gasteiger partial charge in [0.1, 0.15) is 0 Å². The number of aliphatic imine (C=N–C) groups is 1. The zero-order valence-electron chi connectivity index (χ0n) is 6.60. The molecule has 3 heteroatoms. The second-order valence-corrected chi connectivity index (χ2v) is 3.75. The van der Waals surface area contributed by atoms with E-state index in [0.29, 0.717) is 5.17 Å². The molecule has 0 amide bonds. The van der Waals surface area contributed by atoms with E-state index in [9.17, 15) is 0 Å². The van der Waals surface area contributed by atoms with E-state index >= 15 is 0 Å². The summed E-state index contributed by atoms with van der Waals surface area (Å²) < 4.78 is 0. The Labute approximate surface area is 75.9 Å². The molecule has 1 radical (unpaired) electrons. The lowest BCUT2D eigenvalue weighted by atomic mass is 10.1. The molecule has 0 saturated heterocycles. The molecule has 0 aliphatic carbocycles. The summed E-state index contributed by atoms with van der Waals surface area (Å²) in [6, 6.07) is 10.5. The van der Waals surface area contributed by atoms with E-state index < -0.39 is 0 Å². The van der Waals surface area contributed by atoms with E-state index in [1.54, 1.807) is 11.8 Å². The van der Waals surface area contributed by atoms with Gasteiger partial charge in [0, 0.05) is 5.56 Å². The summed E-state index contributed by atoms with van der Waals surface area (Å²) >= 11 is 1.63. The van der Waals surface area contributed by atoms with E-state index in [0.717, 1.165) is 5.75 Å². The third-order valence-corrected chi connectivity index (χ3v) is 2.74. The maximum Gasteiger partial charge on any atom is 0.345 e. The molecule has 1 aromatic rings. The Morgan fingerprint density at radius 3 is 2.67 bits per heavy atom. The van der Waals surface area contributed by atoms with Crippen molar-refractivity contribution in [2.45, 2.75) is 6.04 Å². The number of hydrogen-bond donors (Lipinski definition) is 1. The maximum atomic E-state index is 5.58. The Morgan fingerprint density at radius 1 is 1.33 bits per heavy atom. The number of benzene rings is 1. The lowest BCUT2D eigenvalue weighted by Gasteiger charge is -1.98. The summed E-state index contributed by atoms with van der Waals surface area (Å²) in [7, 11) is 0. The van der Waals surface area contributed by atoms with Crippen LogP contribution in [0.5, 0.6) is 0 Å². The highest BCUT2D eigenvalue weighted by atomic mass is 32.2. The summed E-state index contributed by atoms with van der Waals surface area (Å²) in [4.78, 5) is 4.32. The first-order valence-electron chi connectivity index (χ1n) is 3.87. The van der Waals surface area contributed by atoms with E-state index in [-0.39, 0.29) is 6.04 Å². The van der Waals surface area contributed by atoms with Crippen LogP contribution in [0.25, 0.3) is 0 Å². The highest BCUT2D eigenvalue weighted by Crippen LogP contribution is 2.22. The number of nitrogens with zero attached hydrogens (tertiary/aromatic N) is 1. The summed E-state index contributed by atoms with van der Waals surface area (Å²) in [6.07, 6.45) is 0. The average Bonchev–Trinajstić information content (AvgIpc) is 2.54. The lowest BCUT2D eigenvalue weighted by Crippen LogP contribution is -2.10. The van der Waals surface area contributed by atoms with Crippen molar-refractivity contribution < 1.29 is 0 Å². The van der Waals surface area contributed by atoms with E-state index in [1.807, 2.05) is 18.2 Å². The van der Waals surface area contributed by atoms with Gasteiger partial charge in [-0.25, -0.2) is 0 Å². The van der Waals surface area contributed by atoms with E-state index in [4.69, 9.17) is 5.73 Å². The molecule has 0 bridgehead atoms.